The van der Waals surface area contributed by atoms with Gasteiger partial charge in [0.1, 0.15) is 17.4 Å². The van der Waals surface area contributed by atoms with E-state index < -0.39 is 5.92 Å². The first-order valence-corrected chi connectivity index (χ1v) is 11.4. The van der Waals surface area contributed by atoms with Gasteiger partial charge in [0.25, 0.3) is 0 Å². The Bertz CT molecular complexity index is 1000. The van der Waals surface area contributed by atoms with Gasteiger partial charge in [-0.15, -0.1) is 0 Å². The second kappa shape index (κ2) is 8.00. The molecule has 0 bridgehead atoms. The highest BCUT2D eigenvalue weighted by Crippen LogP contribution is 2.50. The number of carbonyl (C=O) groups is 1. The van der Waals surface area contributed by atoms with Crippen molar-refractivity contribution in [2.75, 3.05) is 7.11 Å². The number of benzene rings is 2. The molecule has 0 spiro atoms. The number of methoxy groups -OCH3 is 1. The van der Waals surface area contributed by atoms with Crippen LogP contribution >= 0.6 is 0 Å². The summed E-state index contributed by atoms with van der Waals surface area (Å²) in [6.45, 7) is 19.8. The number of ether oxygens (including phenoxy) is 2. The van der Waals surface area contributed by atoms with Crippen LogP contribution in [0.1, 0.15) is 99.2 Å². The van der Waals surface area contributed by atoms with E-state index in [-0.39, 0.29) is 16.8 Å². The van der Waals surface area contributed by atoms with Crippen LogP contribution < -0.4 is 9.47 Å². The lowest BCUT2D eigenvalue weighted by molar-refractivity contribution is -0.133. The molecule has 0 radical (unpaired) electrons. The minimum atomic E-state index is -0.406. The molecule has 0 fully saturated rings. The van der Waals surface area contributed by atoms with Crippen LogP contribution in [0.25, 0.3) is 0 Å². The second-order valence-electron chi connectivity index (χ2n) is 10.4. The molecule has 0 amide bonds. The average molecular weight is 423 g/mol. The number of rotatable bonds is 6. The third-order valence-corrected chi connectivity index (χ3v) is 7.51. The Morgan fingerprint density at radius 1 is 0.935 bits per heavy atom. The fourth-order valence-corrected chi connectivity index (χ4v) is 5.06. The summed E-state index contributed by atoms with van der Waals surface area (Å²) < 4.78 is 11.6. The molecule has 0 saturated heterocycles. The summed E-state index contributed by atoms with van der Waals surface area (Å²) in [5.74, 6) is 1.07. The van der Waals surface area contributed by atoms with Crippen molar-refractivity contribution in [3.8, 4) is 11.5 Å². The third kappa shape index (κ3) is 3.77. The Labute approximate surface area is 188 Å². The van der Waals surface area contributed by atoms with Gasteiger partial charge in [0.05, 0.1) is 7.11 Å². The molecule has 1 heterocycles. The Morgan fingerprint density at radius 3 is 1.97 bits per heavy atom. The van der Waals surface area contributed by atoms with Crippen molar-refractivity contribution in [1.82, 2.24) is 0 Å². The molecule has 3 nitrogen and oxygen atoms in total. The molecule has 31 heavy (non-hydrogen) atoms. The normalized spacial score (nSPS) is 16.3. The van der Waals surface area contributed by atoms with Crippen LogP contribution in [-0.2, 0) is 15.6 Å². The van der Waals surface area contributed by atoms with Gasteiger partial charge in [0, 0.05) is 11.1 Å². The van der Waals surface area contributed by atoms with Gasteiger partial charge in [-0.05, 0) is 72.3 Å². The standard InChI is InChI=1S/C28H38O3/c1-11-27(6,7)21-15-20-22(19-13-16(3)24(30-10)17(4)14-19)26(29)31-25(20)23(18(21)5)28(8,9)12-2/h13-15,22H,11-12H2,1-10H3. The first kappa shape index (κ1) is 23.4. The van der Waals surface area contributed by atoms with Gasteiger partial charge in [-0.3, -0.25) is 4.79 Å². The predicted molar refractivity (Wildman–Crippen MR) is 128 cm³/mol. The molecular weight excluding hydrogens is 384 g/mol. The van der Waals surface area contributed by atoms with Crippen LogP contribution in [0.15, 0.2) is 18.2 Å². The van der Waals surface area contributed by atoms with E-state index in [1.165, 1.54) is 16.7 Å². The smallest absolute Gasteiger partial charge is 0.323 e. The summed E-state index contributed by atoms with van der Waals surface area (Å²) in [5.41, 5.74) is 7.74. The Morgan fingerprint density at radius 2 is 1.48 bits per heavy atom. The molecule has 3 rings (SSSR count). The number of fused-ring (bicyclic) bond motifs is 1. The van der Waals surface area contributed by atoms with Gasteiger partial charge in [-0.2, -0.15) is 0 Å². The summed E-state index contributed by atoms with van der Waals surface area (Å²) in [4.78, 5) is 13.3. The highest BCUT2D eigenvalue weighted by atomic mass is 16.5. The van der Waals surface area contributed by atoms with Gasteiger partial charge in [0.15, 0.2) is 0 Å². The van der Waals surface area contributed by atoms with Gasteiger partial charge >= 0.3 is 5.97 Å². The number of aryl methyl sites for hydroxylation is 2. The largest absolute Gasteiger partial charge is 0.496 e. The fourth-order valence-electron chi connectivity index (χ4n) is 5.06. The molecule has 3 heteroatoms. The van der Waals surface area contributed by atoms with Crippen molar-refractivity contribution in [2.24, 2.45) is 0 Å². The maximum atomic E-state index is 13.3. The van der Waals surface area contributed by atoms with Crippen LogP contribution in [0.2, 0.25) is 0 Å². The highest BCUT2D eigenvalue weighted by Gasteiger charge is 2.42. The number of hydrogen-bond donors (Lipinski definition) is 0. The number of carbonyl (C=O) groups excluding carboxylic acids is 1. The van der Waals surface area contributed by atoms with Gasteiger partial charge in [-0.1, -0.05) is 59.7 Å². The van der Waals surface area contributed by atoms with E-state index >= 15 is 0 Å². The predicted octanol–water partition coefficient (Wildman–Crippen LogP) is 7.05. The molecule has 1 unspecified atom stereocenters. The van der Waals surface area contributed by atoms with Crippen LogP contribution in [0.5, 0.6) is 11.5 Å². The van der Waals surface area contributed by atoms with Crippen LogP contribution in [0, 0.1) is 20.8 Å². The lowest BCUT2D eigenvalue weighted by Gasteiger charge is -2.33. The second-order valence-corrected chi connectivity index (χ2v) is 10.4. The van der Waals surface area contributed by atoms with Crippen LogP contribution in [-0.4, -0.2) is 13.1 Å². The lowest BCUT2D eigenvalue weighted by atomic mass is 9.71. The zero-order chi connectivity index (χ0) is 23.3. The Balaban J connectivity index is 2.34. The van der Waals surface area contributed by atoms with E-state index in [2.05, 4.69) is 66.7 Å². The summed E-state index contributed by atoms with van der Waals surface area (Å²) in [6, 6.07) is 6.39. The van der Waals surface area contributed by atoms with E-state index in [4.69, 9.17) is 9.47 Å². The highest BCUT2D eigenvalue weighted by molar-refractivity contribution is 5.91. The lowest BCUT2D eigenvalue weighted by Crippen LogP contribution is -2.24. The quantitative estimate of drug-likeness (QED) is 0.370. The van der Waals surface area contributed by atoms with E-state index in [0.717, 1.165) is 46.6 Å². The number of esters is 1. The minimum Gasteiger partial charge on any atom is -0.496 e. The van der Waals surface area contributed by atoms with Gasteiger partial charge < -0.3 is 9.47 Å². The van der Waals surface area contributed by atoms with Crippen LogP contribution in [0.3, 0.4) is 0 Å². The molecule has 0 aromatic heterocycles. The fraction of sp³-hybridized carbons (Fsp3) is 0.536. The molecular formula is C28H38O3. The maximum Gasteiger partial charge on any atom is 0.323 e. The van der Waals surface area contributed by atoms with Crippen LogP contribution in [0.4, 0.5) is 0 Å². The summed E-state index contributed by atoms with van der Waals surface area (Å²) in [6.07, 6.45) is 2.00. The Hall–Kier alpha value is -2.29. The van der Waals surface area contributed by atoms with Gasteiger partial charge in [0.2, 0.25) is 0 Å². The van der Waals surface area contributed by atoms with Gasteiger partial charge in [-0.25, -0.2) is 0 Å². The number of hydrogen-bond acceptors (Lipinski definition) is 3. The molecule has 1 aliphatic heterocycles. The summed E-state index contributed by atoms with van der Waals surface area (Å²) >= 11 is 0. The minimum absolute atomic E-state index is 0.0135. The molecule has 168 valence electrons. The summed E-state index contributed by atoms with van der Waals surface area (Å²) in [5, 5.41) is 0. The first-order valence-electron chi connectivity index (χ1n) is 11.4. The molecule has 1 atom stereocenters. The van der Waals surface area contributed by atoms with E-state index in [0.29, 0.717) is 0 Å². The molecule has 0 aliphatic carbocycles. The first-order chi connectivity index (χ1) is 14.4. The van der Waals surface area contributed by atoms with Crippen molar-refractivity contribution in [3.63, 3.8) is 0 Å². The van der Waals surface area contributed by atoms with E-state index in [1.807, 2.05) is 13.8 Å². The molecule has 0 saturated carbocycles. The molecule has 2 aromatic rings. The monoisotopic (exact) mass is 422 g/mol. The average Bonchev–Trinajstić information content (AvgIpc) is 3.01. The van der Waals surface area contributed by atoms with E-state index in [1.54, 1.807) is 7.11 Å². The Kier molecular flexibility index (Phi) is 6.03. The van der Waals surface area contributed by atoms with E-state index in [9.17, 15) is 4.79 Å². The molecule has 1 aliphatic rings. The van der Waals surface area contributed by atoms with Crippen molar-refractivity contribution in [1.29, 1.82) is 0 Å². The zero-order valence-electron chi connectivity index (χ0n) is 20.9. The topological polar surface area (TPSA) is 35.5 Å². The SMILES string of the molecule is CCC(C)(C)c1cc2c(c(C(C)(C)CC)c1C)OC(=O)C2c1cc(C)c(OC)c(C)c1. The zero-order valence-corrected chi connectivity index (χ0v) is 20.9. The van der Waals surface area contributed by atoms with Crippen molar-refractivity contribution < 1.29 is 14.3 Å². The summed E-state index contributed by atoms with van der Waals surface area (Å²) in [7, 11) is 1.69. The maximum absolute atomic E-state index is 13.3. The van der Waals surface area contributed by atoms with Crippen molar-refractivity contribution in [3.05, 3.63) is 57.1 Å². The third-order valence-electron chi connectivity index (χ3n) is 7.51. The molecule has 0 N–H and O–H groups in total. The van der Waals surface area contributed by atoms with Crippen molar-refractivity contribution >= 4 is 5.97 Å². The molecule has 2 aromatic carbocycles. The van der Waals surface area contributed by atoms with Crippen molar-refractivity contribution in [2.45, 2.75) is 91.9 Å².